The molecule has 0 radical (unpaired) electrons. The lowest BCUT2D eigenvalue weighted by Crippen LogP contribution is -1.85. The third-order valence-corrected chi connectivity index (χ3v) is 2.26. The largest absolute Gasteiger partial charge is 0.456 e. The summed E-state index contributed by atoms with van der Waals surface area (Å²) >= 11 is 5.29. The summed E-state index contributed by atoms with van der Waals surface area (Å²) < 4.78 is 5.27. The number of carbonyl (C=O) groups excluding carboxylic acids is 1. The molecule has 0 bridgehead atoms. The molecule has 0 unspecified atom stereocenters. The van der Waals surface area contributed by atoms with E-state index in [1.54, 1.807) is 12.1 Å². The highest BCUT2D eigenvalue weighted by Crippen LogP contribution is 2.14. The molecule has 0 aliphatic rings. The zero-order valence-electron chi connectivity index (χ0n) is 7.94. The van der Waals surface area contributed by atoms with Gasteiger partial charge in [0.1, 0.15) is 5.76 Å². The fourth-order valence-electron chi connectivity index (χ4n) is 1.38. The van der Waals surface area contributed by atoms with Crippen LogP contribution in [0.3, 0.4) is 0 Å². The van der Waals surface area contributed by atoms with Gasteiger partial charge in [-0.25, -0.2) is 0 Å². The Morgan fingerprint density at radius 3 is 2.47 bits per heavy atom. The molecule has 0 saturated carbocycles. The van der Waals surface area contributed by atoms with Gasteiger partial charge in [0.15, 0.2) is 5.76 Å². The Balaban J connectivity index is 2.15. The van der Waals surface area contributed by atoms with Gasteiger partial charge in [-0.3, -0.25) is 4.79 Å². The highest BCUT2D eigenvalue weighted by Gasteiger charge is 2.07. The van der Waals surface area contributed by atoms with Crippen molar-refractivity contribution in [3.63, 3.8) is 0 Å². The minimum absolute atomic E-state index is 0.197. The van der Waals surface area contributed by atoms with Crippen LogP contribution in [0.2, 0.25) is 0 Å². The number of hydrogen-bond donors (Lipinski definition) is 0. The summed E-state index contributed by atoms with van der Waals surface area (Å²) in [6, 6.07) is 13.3. The number of benzene rings is 1. The van der Waals surface area contributed by atoms with Crippen LogP contribution in [0.25, 0.3) is 0 Å². The van der Waals surface area contributed by atoms with E-state index in [0.29, 0.717) is 6.42 Å². The Labute approximate surface area is 92.5 Å². The second-order valence-electron chi connectivity index (χ2n) is 3.20. The predicted molar refractivity (Wildman–Crippen MR) is 58.1 cm³/mol. The van der Waals surface area contributed by atoms with E-state index in [-0.39, 0.29) is 5.76 Å². The van der Waals surface area contributed by atoms with Crippen molar-refractivity contribution in [1.82, 2.24) is 0 Å². The Bertz CT molecular complexity index is 459. The summed E-state index contributed by atoms with van der Waals surface area (Å²) in [7, 11) is 0. The van der Waals surface area contributed by atoms with Gasteiger partial charge in [0.25, 0.3) is 5.24 Å². The Morgan fingerprint density at radius 2 is 1.87 bits per heavy atom. The maximum atomic E-state index is 10.8. The van der Waals surface area contributed by atoms with Gasteiger partial charge in [0, 0.05) is 6.42 Å². The van der Waals surface area contributed by atoms with Crippen LogP contribution in [0.15, 0.2) is 46.9 Å². The number of furan rings is 1. The molecule has 0 spiro atoms. The van der Waals surface area contributed by atoms with Gasteiger partial charge in [-0.15, -0.1) is 0 Å². The summed E-state index contributed by atoms with van der Waals surface area (Å²) in [5, 5.41) is -0.561. The molecule has 15 heavy (non-hydrogen) atoms. The van der Waals surface area contributed by atoms with E-state index < -0.39 is 5.24 Å². The highest BCUT2D eigenvalue weighted by atomic mass is 35.5. The van der Waals surface area contributed by atoms with Crippen LogP contribution in [0.5, 0.6) is 0 Å². The summed E-state index contributed by atoms with van der Waals surface area (Å²) in [5.41, 5.74) is 1.14. The van der Waals surface area contributed by atoms with Gasteiger partial charge >= 0.3 is 0 Å². The molecule has 3 heteroatoms. The van der Waals surface area contributed by atoms with Crippen LogP contribution in [0.1, 0.15) is 21.9 Å². The molecule has 0 atom stereocenters. The van der Waals surface area contributed by atoms with Crippen molar-refractivity contribution in [3.05, 3.63) is 59.5 Å². The van der Waals surface area contributed by atoms with Gasteiger partial charge in [-0.2, -0.15) is 0 Å². The lowest BCUT2D eigenvalue weighted by molar-refractivity contribution is 0.105. The first-order valence-corrected chi connectivity index (χ1v) is 4.96. The van der Waals surface area contributed by atoms with E-state index in [2.05, 4.69) is 0 Å². The number of carbonyl (C=O) groups is 1. The molecule has 1 heterocycles. The average molecular weight is 221 g/mol. The van der Waals surface area contributed by atoms with E-state index in [9.17, 15) is 4.79 Å². The Morgan fingerprint density at radius 1 is 1.13 bits per heavy atom. The lowest BCUT2D eigenvalue weighted by Gasteiger charge is -1.96. The Hall–Kier alpha value is -1.54. The van der Waals surface area contributed by atoms with Gasteiger partial charge in [0.05, 0.1) is 0 Å². The van der Waals surface area contributed by atoms with Crippen molar-refractivity contribution >= 4 is 16.8 Å². The van der Waals surface area contributed by atoms with Crippen molar-refractivity contribution in [2.45, 2.75) is 6.42 Å². The first kappa shape index (κ1) is 9.99. The van der Waals surface area contributed by atoms with Crippen LogP contribution in [-0.4, -0.2) is 5.24 Å². The number of hydrogen-bond acceptors (Lipinski definition) is 2. The number of rotatable bonds is 3. The topological polar surface area (TPSA) is 30.2 Å². The molecule has 0 fully saturated rings. The molecule has 0 aliphatic heterocycles. The molecule has 1 aromatic carbocycles. The van der Waals surface area contributed by atoms with Crippen LogP contribution in [-0.2, 0) is 6.42 Å². The number of halogens is 1. The molecule has 76 valence electrons. The fourth-order valence-corrected chi connectivity index (χ4v) is 1.48. The molecular weight excluding hydrogens is 212 g/mol. The highest BCUT2D eigenvalue weighted by molar-refractivity contribution is 6.67. The van der Waals surface area contributed by atoms with E-state index in [0.717, 1.165) is 11.3 Å². The van der Waals surface area contributed by atoms with Crippen LogP contribution in [0.4, 0.5) is 0 Å². The van der Waals surface area contributed by atoms with Crippen molar-refractivity contribution in [3.8, 4) is 0 Å². The first-order chi connectivity index (χ1) is 7.25. The van der Waals surface area contributed by atoms with Crippen LogP contribution < -0.4 is 0 Å². The Kier molecular flexibility index (Phi) is 2.88. The van der Waals surface area contributed by atoms with E-state index in [4.69, 9.17) is 16.0 Å². The zero-order valence-corrected chi connectivity index (χ0v) is 8.70. The molecule has 0 N–H and O–H groups in total. The lowest BCUT2D eigenvalue weighted by atomic mass is 10.1. The summed E-state index contributed by atoms with van der Waals surface area (Å²) in [5.74, 6) is 0.938. The van der Waals surface area contributed by atoms with Gasteiger partial charge in [0.2, 0.25) is 0 Å². The quantitative estimate of drug-likeness (QED) is 0.744. The van der Waals surface area contributed by atoms with Crippen molar-refractivity contribution in [2.24, 2.45) is 0 Å². The maximum Gasteiger partial charge on any atom is 0.287 e. The molecule has 0 saturated heterocycles. The summed E-state index contributed by atoms with van der Waals surface area (Å²) in [4.78, 5) is 10.8. The normalized spacial score (nSPS) is 10.2. The molecule has 2 rings (SSSR count). The van der Waals surface area contributed by atoms with Gasteiger partial charge in [-0.1, -0.05) is 30.3 Å². The van der Waals surface area contributed by atoms with E-state index in [1.807, 2.05) is 30.3 Å². The zero-order chi connectivity index (χ0) is 10.7. The minimum atomic E-state index is -0.561. The summed E-state index contributed by atoms with van der Waals surface area (Å²) in [6.07, 6.45) is 0.672. The van der Waals surface area contributed by atoms with Crippen molar-refractivity contribution in [1.29, 1.82) is 0 Å². The van der Waals surface area contributed by atoms with Crippen molar-refractivity contribution < 1.29 is 9.21 Å². The van der Waals surface area contributed by atoms with Crippen molar-refractivity contribution in [2.75, 3.05) is 0 Å². The standard InChI is InChI=1S/C12H9ClO2/c13-12(14)11-7-6-10(15-11)8-9-4-2-1-3-5-9/h1-7H,8H2. The average Bonchev–Trinajstić information content (AvgIpc) is 2.68. The molecule has 1 aromatic heterocycles. The van der Waals surface area contributed by atoms with Gasteiger partial charge in [-0.05, 0) is 29.3 Å². The maximum absolute atomic E-state index is 10.8. The third kappa shape index (κ3) is 2.48. The smallest absolute Gasteiger partial charge is 0.287 e. The fraction of sp³-hybridized carbons (Fsp3) is 0.0833. The third-order valence-electron chi connectivity index (χ3n) is 2.08. The minimum Gasteiger partial charge on any atom is -0.456 e. The molecule has 0 aliphatic carbocycles. The molecule has 0 amide bonds. The van der Waals surface area contributed by atoms with Gasteiger partial charge < -0.3 is 4.42 Å². The van der Waals surface area contributed by atoms with E-state index in [1.165, 1.54) is 0 Å². The van der Waals surface area contributed by atoms with Crippen LogP contribution in [0, 0.1) is 0 Å². The molecule has 2 nitrogen and oxygen atoms in total. The molecular formula is C12H9ClO2. The monoisotopic (exact) mass is 220 g/mol. The summed E-state index contributed by atoms with van der Waals surface area (Å²) in [6.45, 7) is 0. The van der Waals surface area contributed by atoms with E-state index >= 15 is 0 Å². The SMILES string of the molecule is O=C(Cl)c1ccc(Cc2ccccc2)o1. The predicted octanol–water partition coefficient (Wildman–Crippen LogP) is 3.25. The van der Waals surface area contributed by atoms with Crippen LogP contribution >= 0.6 is 11.6 Å². The first-order valence-electron chi connectivity index (χ1n) is 4.58. The second-order valence-corrected chi connectivity index (χ2v) is 3.55. The second kappa shape index (κ2) is 4.32. The molecule has 2 aromatic rings.